The number of rotatable bonds is 5. The molecule has 0 heterocycles. The molecular weight excluding hydrogens is 340 g/mol. The maximum atomic E-state index is 12.1. The van der Waals surface area contributed by atoms with Gasteiger partial charge in [-0.2, -0.15) is 0 Å². The number of hydrogen-bond donors (Lipinski definition) is 3. The number of urea groups is 1. The molecule has 1 aliphatic rings. The number of anilines is 1. The molecule has 0 radical (unpaired) electrons. The highest BCUT2D eigenvalue weighted by Gasteiger charge is 2.40. The van der Waals surface area contributed by atoms with Gasteiger partial charge >= 0.3 is 12.0 Å². The van der Waals surface area contributed by atoms with E-state index in [1.807, 2.05) is 0 Å². The van der Waals surface area contributed by atoms with Gasteiger partial charge in [0.25, 0.3) is 0 Å². The minimum atomic E-state index is -0.905. The normalized spacial score (nSPS) is 15.7. The highest BCUT2D eigenvalue weighted by Crippen LogP contribution is 2.35. The third kappa shape index (κ3) is 3.87. The van der Waals surface area contributed by atoms with E-state index in [0.29, 0.717) is 24.3 Å². The Morgan fingerprint density at radius 1 is 1.43 bits per heavy atom. The molecule has 0 unspecified atom stereocenters. The first-order valence-corrected chi connectivity index (χ1v) is 7.38. The lowest BCUT2D eigenvalue weighted by Crippen LogP contribution is -2.55. The average Bonchev–Trinajstić information content (AvgIpc) is 2.38. The molecule has 0 aromatic heterocycles. The Hall–Kier alpha value is -1.76. The zero-order chi connectivity index (χ0) is 15.5. The van der Waals surface area contributed by atoms with Crippen LogP contribution in [0.4, 0.5) is 10.5 Å². The Labute approximate surface area is 131 Å². The van der Waals surface area contributed by atoms with E-state index in [4.69, 9.17) is 9.84 Å². The van der Waals surface area contributed by atoms with Crippen molar-refractivity contribution in [3.05, 3.63) is 22.7 Å². The van der Waals surface area contributed by atoms with Gasteiger partial charge in [-0.3, -0.25) is 4.79 Å². The Bertz CT molecular complexity index is 558. The first-order chi connectivity index (χ1) is 9.94. The molecule has 0 saturated heterocycles. The number of ether oxygens (including phenoxy) is 1. The molecule has 7 heteroatoms. The molecule has 1 fully saturated rings. The largest absolute Gasteiger partial charge is 0.497 e. The fourth-order valence-electron chi connectivity index (χ4n) is 2.36. The van der Waals surface area contributed by atoms with Crippen molar-refractivity contribution in [2.75, 3.05) is 12.4 Å². The van der Waals surface area contributed by atoms with Crippen molar-refractivity contribution in [1.29, 1.82) is 0 Å². The van der Waals surface area contributed by atoms with E-state index in [1.165, 1.54) is 0 Å². The van der Waals surface area contributed by atoms with E-state index in [-0.39, 0.29) is 6.42 Å². The summed E-state index contributed by atoms with van der Waals surface area (Å²) >= 11 is 3.35. The number of carbonyl (C=O) groups is 2. The van der Waals surface area contributed by atoms with Crippen LogP contribution in [-0.4, -0.2) is 29.8 Å². The van der Waals surface area contributed by atoms with E-state index in [1.54, 1.807) is 25.3 Å². The van der Waals surface area contributed by atoms with Gasteiger partial charge in [0.15, 0.2) is 0 Å². The number of carbonyl (C=O) groups excluding carboxylic acids is 1. The second-order valence-electron chi connectivity index (χ2n) is 5.13. The van der Waals surface area contributed by atoms with Gasteiger partial charge in [0, 0.05) is 10.5 Å². The molecule has 21 heavy (non-hydrogen) atoms. The Morgan fingerprint density at radius 3 is 2.67 bits per heavy atom. The molecule has 2 amide bonds. The zero-order valence-corrected chi connectivity index (χ0v) is 13.2. The van der Waals surface area contributed by atoms with Crippen molar-refractivity contribution >= 4 is 33.6 Å². The van der Waals surface area contributed by atoms with E-state index in [9.17, 15) is 9.59 Å². The molecule has 1 saturated carbocycles. The van der Waals surface area contributed by atoms with Crippen LogP contribution in [0.2, 0.25) is 0 Å². The molecule has 0 spiro atoms. The number of methoxy groups -OCH3 is 1. The van der Waals surface area contributed by atoms with Gasteiger partial charge in [-0.05, 0) is 47.3 Å². The zero-order valence-electron chi connectivity index (χ0n) is 11.6. The highest BCUT2D eigenvalue weighted by molar-refractivity contribution is 9.10. The Balaban J connectivity index is 2.03. The van der Waals surface area contributed by atoms with Gasteiger partial charge in [0.2, 0.25) is 0 Å². The fourth-order valence-corrected chi connectivity index (χ4v) is 2.71. The van der Waals surface area contributed by atoms with Crippen molar-refractivity contribution in [2.24, 2.45) is 0 Å². The number of amides is 2. The van der Waals surface area contributed by atoms with E-state index < -0.39 is 17.5 Å². The number of carboxylic acid groups (broad SMARTS) is 1. The lowest BCUT2D eigenvalue weighted by atomic mass is 9.74. The quantitative estimate of drug-likeness (QED) is 0.756. The molecule has 6 nitrogen and oxygen atoms in total. The number of benzene rings is 1. The standard InChI is InChI=1S/C14H17BrN2O4/c1-21-9-3-4-10(15)11(7-9)16-13(20)17-14(5-2-6-14)8-12(18)19/h3-4,7H,2,5-6,8H2,1H3,(H,18,19)(H2,16,17,20). The van der Waals surface area contributed by atoms with Crippen molar-refractivity contribution in [3.63, 3.8) is 0 Å². The molecular formula is C14H17BrN2O4. The summed E-state index contributed by atoms with van der Waals surface area (Å²) in [7, 11) is 1.54. The number of carboxylic acids is 1. The number of aliphatic carboxylic acids is 1. The smallest absolute Gasteiger partial charge is 0.319 e. The van der Waals surface area contributed by atoms with Crippen LogP contribution in [0.1, 0.15) is 25.7 Å². The minimum Gasteiger partial charge on any atom is -0.497 e. The summed E-state index contributed by atoms with van der Waals surface area (Å²) in [6.07, 6.45) is 2.24. The van der Waals surface area contributed by atoms with Crippen LogP contribution in [0.15, 0.2) is 22.7 Å². The van der Waals surface area contributed by atoms with Gasteiger partial charge in [-0.15, -0.1) is 0 Å². The topological polar surface area (TPSA) is 87.7 Å². The molecule has 3 N–H and O–H groups in total. The third-order valence-corrected chi connectivity index (χ3v) is 4.29. The second kappa shape index (κ2) is 6.34. The SMILES string of the molecule is COc1ccc(Br)c(NC(=O)NC2(CC(=O)O)CCC2)c1. The van der Waals surface area contributed by atoms with E-state index in [2.05, 4.69) is 26.6 Å². The van der Waals surface area contributed by atoms with E-state index in [0.717, 1.165) is 10.9 Å². The number of halogens is 1. The maximum Gasteiger partial charge on any atom is 0.319 e. The molecule has 0 atom stereocenters. The number of hydrogen-bond acceptors (Lipinski definition) is 3. The predicted molar refractivity (Wildman–Crippen MR) is 81.7 cm³/mol. The summed E-state index contributed by atoms with van der Waals surface area (Å²) in [4.78, 5) is 23.0. The van der Waals surface area contributed by atoms with Crippen LogP contribution in [-0.2, 0) is 4.79 Å². The van der Waals surface area contributed by atoms with E-state index >= 15 is 0 Å². The molecule has 1 aromatic carbocycles. The fraction of sp³-hybridized carbons (Fsp3) is 0.429. The van der Waals surface area contributed by atoms with Crippen molar-refractivity contribution in [3.8, 4) is 5.75 Å². The van der Waals surface area contributed by atoms with Crippen LogP contribution < -0.4 is 15.4 Å². The maximum absolute atomic E-state index is 12.1. The van der Waals surface area contributed by atoms with Crippen LogP contribution in [0, 0.1) is 0 Å². The summed E-state index contributed by atoms with van der Waals surface area (Å²) in [5, 5.41) is 14.4. The average molecular weight is 357 g/mol. The van der Waals surface area contributed by atoms with Crippen LogP contribution in [0.25, 0.3) is 0 Å². The summed E-state index contributed by atoms with van der Waals surface area (Å²) in [6.45, 7) is 0. The molecule has 0 aliphatic heterocycles. The molecule has 114 valence electrons. The molecule has 1 aromatic rings. The lowest BCUT2D eigenvalue weighted by Gasteiger charge is -2.41. The summed E-state index contributed by atoms with van der Waals surface area (Å²) in [5.74, 6) is -0.282. The van der Waals surface area contributed by atoms with Gasteiger partial charge in [0.1, 0.15) is 5.75 Å². The van der Waals surface area contributed by atoms with Crippen molar-refractivity contribution in [2.45, 2.75) is 31.2 Å². The van der Waals surface area contributed by atoms with Crippen LogP contribution in [0.3, 0.4) is 0 Å². The molecule has 2 rings (SSSR count). The van der Waals surface area contributed by atoms with Gasteiger partial charge in [-0.1, -0.05) is 0 Å². The molecule has 0 bridgehead atoms. The first-order valence-electron chi connectivity index (χ1n) is 6.59. The van der Waals surface area contributed by atoms with Crippen LogP contribution in [0.5, 0.6) is 5.75 Å². The van der Waals surface area contributed by atoms with Gasteiger partial charge < -0.3 is 20.5 Å². The predicted octanol–water partition coefficient (Wildman–Crippen LogP) is 2.98. The van der Waals surface area contributed by atoms with Crippen LogP contribution >= 0.6 is 15.9 Å². The third-order valence-electron chi connectivity index (χ3n) is 3.60. The Morgan fingerprint density at radius 2 is 2.14 bits per heavy atom. The second-order valence-corrected chi connectivity index (χ2v) is 5.98. The summed E-state index contributed by atoms with van der Waals surface area (Å²) in [6, 6.07) is 4.81. The Kier molecular flexibility index (Phi) is 4.72. The lowest BCUT2D eigenvalue weighted by molar-refractivity contribution is -0.139. The first kappa shape index (κ1) is 15.6. The summed E-state index contributed by atoms with van der Waals surface area (Å²) in [5.41, 5.74) is -0.0574. The van der Waals surface area contributed by atoms with Gasteiger partial charge in [0.05, 0.1) is 24.8 Å². The molecule has 1 aliphatic carbocycles. The van der Waals surface area contributed by atoms with Gasteiger partial charge in [-0.25, -0.2) is 4.79 Å². The number of nitrogens with one attached hydrogen (secondary N) is 2. The minimum absolute atomic E-state index is 0.0559. The monoisotopic (exact) mass is 356 g/mol. The van der Waals surface area contributed by atoms with Crippen molar-refractivity contribution in [1.82, 2.24) is 5.32 Å². The highest BCUT2D eigenvalue weighted by atomic mass is 79.9. The van der Waals surface area contributed by atoms with Crippen molar-refractivity contribution < 1.29 is 19.4 Å². The summed E-state index contributed by atoms with van der Waals surface area (Å²) < 4.78 is 5.83.